The number of benzene rings is 2. The molecule has 0 saturated carbocycles. The molecular formula is C23H25FN4O3. The third-order valence-electron chi connectivity index (χ3n) is 4.93. The second-order valence-corrected chi connectivity index (χ2v) is 7.04. The van der Waals surface area contributed by atoms with Crippen LogP contribution in [0.2, 0.25) is 0 Å². The van der Waals surface area contributed by atoms with Gasteiger partial charge in [-0.2, -0.15) is 4.98 Å². The quantitative estimate of drug-likeness (QED) is 0.512. The molecule has 1 heterocycles. The summed E-state index contributed by atoms with van der Waals surface area (Å²) in [5, 5.41) is 22.8. The molecule has 3 rings (SSSR count). The highest BCUT2D eigenvalue weighted by Gasteiger charge is 2.20. The van der Waals surface area contributed by atoms with Crippen LogP contribution in [0.15, 0.2) is 48.5 Å². The first-order chi connectivity index (χ1) is 14.9. The predicted molar refractivity (Wildman–Crippen MR) is 115 cm³/mol. The Hall–Kier alpha value is -3.52. The van der Waals surface area contributed by atoms with E-state index in [1.54, 1.807) is 18.2 Å². The number of halogens is 1. The second kappa shape index (κ2) is 9.99. The van der Waals surface area contributed by atoms with E-state index < -0.39 is 17.5 Å². The molecule has 0 unspecified atom stereocenters. The van der Waals surface area contributed by atoms with Crippen molar-refractivity contribution >= 4 is 5.91 Å². The van der Waals surface area contributed by atoms with Gasteiger partial charge in [0.1, 0.15) is 5.82 Å². The normalized spacial score (nSPS) is 11.0. The van der Waals surface area contributed by atoms with Crippen molar-refractivity contribution in [1.82, 2.24) is 20.2 Å². The van der Waals surface area contributed by atoms with Crippen molar-refractivity contribution in [3.05, 3.63) is 71.2 Å². The van der Waals surface area contributed by atoms with E-state index in [1.807, 2.05) is 18.2 Å². The number of hydrogen-bond acceptors (Lipinski definition) is 6. The summed E-state index contributed by atoms with van der Waals surface area (Å²) in [5.74, 6) is -2.30. The van der Waals surface area contributed by atoms with Crippen LogP contribution < -0.4 is 5.32 Å². The number of carbonyl (C=O) groups excluding carboxylic acids is 1. The van der Waals surface area contributed by atoms with E-state index in [1.165, 1.54) is 12.1 Å². The molecule has 0 bridgehead atoms. The van der Waals surface area contributed by atoms with E-state index in [2.05, 4.69) is 34.0 Å². The Morgan fingerprint density at radius 1 is 1.03 bits per heavy atom. The molecular weight excluding hydrogens is 399 g/mol. The predicted octanol–water partition coefficient (Wildman–Crippen LogP) is 3.47. The summed E-state index contributed by atoms with van der Waals surface area (Å²) in [6, 6.07) is 13.2. The summed E-state index contributed by atoms with van der Waals surface area (Å²) in [6.45, 7) is 6.86. The van der Waals surface area contributed by atoms with Gasteiger partial charge < -0.3 is 15.5 Å². The van der Waals surface area contributed by atoms with Crippen LogP contribution >= 0.6 is 0 Å². The van der Waals surface area contributed by atoms with Crippen molar-refractivity contribution < 1.29 is 19.4 Å². The summed E-state index contributed by atoms with van der Waals surface area (Å²) < 4.78 is 13.0. The van der Waals surface area contributed by atoms with Gasteiger partial charge in [0.15, 0.2) is 11.5 Å². The van der Waals surface area contributed by atoms with Crippen LogP contribution in [-0.4, -0.2) is 44.1 Å². The minimum absolute atomic E-state index is 0.109. The van der Waals surface area contributed by atoms with Crippen molar-refractivity contribution in [1.29, 1.82) is 0 Å². The van der Waals surface area contributed by atoms with Gasteiger partial charge in [0.2, 0.25) is 5.75 Å². The van der Waals surface area contributed by atoms with Crippen LogP contribution in [-0.2, 0) is 13.1 Å². The summed E-state index contributed by atoms with van der Waals surface area (Å²) in [4.78, 5) is 22.9. The van der Waals surface area contributed by atoms with Crippen molar-refractivity contribution in [3.63, 3.8) is 0 Å². The third-order valence-corrected chi connectivity index (χ3v) is 4.93. The van der Waals surface area contributed by atoms with E-state index >= 15 is 0 Å². The largest absolute Gasteiger partial charge is 0.501 e. The lowest BCUT2D eigenvalue weighted by Gasteiger charge is -2.18. The lowest BCUT2D eigenvalue weighted by atomic mass is 10.1. The summed E-state index contributed by atoms with van der Waals surface area (Å²) in [5.41, 5.74) is 2.00. The fourth-order valence-electron chi connectivity index (χ4n) is 3.11. The molecule has 0 aliphatic carbocycles. The molecule has 0 saturated heterocycles. The van der Waals surface area contributed by atoms with Crippen molar-refractivity contribution in [2.45, 2.75) is 26.9 Å². The standard InChI is InChI=1S/C23H25FN4O3/c1-3-28(4-2)14-16-6-5-7-17(12-16)21-26-19(20(29)23(31)27-21)22(30)25-13-15-8-10-18(24)11-9-15/h5-12,29H,3-4,13-14H2,1-2H3,(H,25,30)(H,26,27,31). The molecule has 3 N–H and O–H groups in total. The maximum Gasteiger partial charge on any atom is 0.274 e. The molecule has 7 nitrogen and oxygen atoms in total. The van der Waals surface area contributed by atoms with Crippen LogP contribution in [0.1, 0.15) is 35.5 Å². The molecule has 0 atom stereocenters. The maximum atomic E-state index is 13.0. The van der Waals surface area contributed by atoms with Crippen LogP contribution in [0.3, 0.4) is 0 Å². The molecule has 1 amide bonds. The topological polar surface area (TPSA) is 98.6 Å². The highest BCUT2D eigenvalue weighted by Crippen LogP contribution is 2.29. The SMILES string of the molecule is CCN(CC)Cc1cccc(-c2nc(O)c(O)c(C(=O)NCc3ccc(F)cc3)n2)c1. The molecule has 8 heteroatoms. The van der Waals surface area contributed by atoms with Gasteiger partial charge in [-0.15, -0.1) is 0 Å². The van der Waals surface area contributed by atoms with E-state index in [4.69, 9.17) is 0 Å². The Kier molecular flexibility index (Phi) is 7.15. The molecule has 31 heavy (non-hydrogen) atoms. The number of nitrogens with one attached hydrogen (secondary N) is 1. The summed E-state index contributed by atoms with van der Waals surface area (Å²) in [7, 11) is 0. The Labute approximate surface area is 180 Å². The first-order valence-electron chi connectivity index (χ1n) is 10.1. The Bertz CT molecular complexity index is 1050. The Morgan fingerprint density at radius 3 is 2.42 bits per heavy atom. The van der Waals surface area contributed by atoms with E-state index in [9.17, 15) is 19.4 Å². The number of amides is 1. The zero-order valence-electron chi connectivity index (χ0n) is 17.5. The van der Waals surface area contributed by atoms with Crippen molar-refractivity contribution in [3.8, 4) is 23.0 Å². The van der Waals surface area contributed by atoms with Gasteiger partial charge in [0.25, 0.3) is 11.8 Å². The van der Waals surface area contributed by atoms with Gasteiger partial charge in [0.05, 0.1) is 0 Å². The highest BCUT2D eigenvalue weighted by atomic mass is 19.1. The number of carbonyl (C=O) groups is 1. The van der Waals surface area contributed by atoms with Gasteiger partial charge in [-0.25, -0.2) is 9.37 Å². The smallest absolute Gasteiger partial charge is 0.274 e. The minimum Gasteiger partial charge on any atom is -0.501 e. The zero-order chi connectivity index (χ0) is 22.4. The number of aromatic nitrogens is 2. The third kappa shape index (κ3) is 5.55. The molecule has 3 aromatic rings. The van der Waals surface area contributed by atoms with Crippen LogP contribution in [0.4, 0.5) is 4.39 Å². The van der Waals surface area contributed by atoms with Gasteiger partial charge in [-0.05, 0) is 42.4 Å². The Morgan fingerprint density at radius 2 is 1.74 bits per heavy atom. The fourth-order valence-corrected chi connectivity index (χ4v) is 3.11. The molecule has 1 aromatic heterocycles. The van der Waals surface area contributed by atoms with Gasteiger partial charge in [-0.3, -0.25) is 9.69 Å². The molecule has 162 valence electrons. The van der Waals surface area contributed by atoms with E-state index in [-0.39, 0.29) is 23.9 Å². The second-order valence-electron chi connectivity index (χ2n) is 7.04. The van der Waals surface area contributed by atoms with Gasteiger partial charge >= 0.3 is 0 Å². The average molecular weight is 424 g/mol. The molecule has 0 aliphatic heterocycles. The van der Waals surface area contributed by atoms with Crippen LogP contribution in [0.25, 0.3) is 11.4 Å². The maximum absolute atomic E-state index is 13.0. The lowest BCUT2D eigenvalue weighted by Crippen LogP contribution is -2.24. The monoisotopic (exact) mass is 424 g/mol. The van der Waals surface area contributed by atoms with Gasteiger partial charge in [-0.1, -0.05) is 44.2 Å². The van der Waals surface area contributed by atoms with Crippen molar-refractivity contribution in [2.75, 3.05) is 13.1 Å². The number of hydrogen-bond donors (Lipinski definition) is 3. The van der Waals surface area contributed by atoms with E-state index in [0.717, 1.165) is 25.2 Å². The lowest BCUT2D eigenvalue weighted by molar-refractivity contribution is 0.0942. The minimum atomic E-state index is -0.695. The number of rotatable bonds is 8. The Balaban J connectivity index is 1.83. The molecule has 0 fully saturated rings. The highest BCUT2D eigenvalue weighted by molar-refractivity contribution is 5.95. The van der Waals surface area contributed by atoms with Crippen LogP contribution in [0.5, 0.6) is 11.6 Å². The van der Waals surface area contributed by atoms with Gasteiger partial charge in [0, 0.05) is 18.7 Å². The first kappa shape index (κ1) is 22.2. The average Bonchev–Trinajstić information content (AvgIpc) is 2.78. The number of nitrogens with zero attached hydrogens (tertiary/aromatic N) is 3. The molecule has 0 spiro atoms. The fraction of sp³-hybridized carbons (Fsp3) is 0.261. The zero-order valence-corrected chi connectivity index (χ0v) is 17.5. The van der Waals surface area contributed by atoms with E-state index in [0.29, 0.717) is 11.1 Å². The number of aromatic hydroxyl groups is 2. The summed E-state index contributed by atoms with van der Waals surface area (Å²) in [6.07, 6.45) is 0. The van der Waals surface area contributed by atoms with Crippen molar-refractivity contribution in [2.24, 2.45) is 0 Å². The molecule has 0 aliphatic rings. The summed E-state index contributed by atoms with van der Waals surface area (Å²) >= 11 is 0. The van der Waals surface area contributed by atoms with Crippen LogP contribution in [0, 0.1) is 5.82 Å². The first-order valence-corrected chi connectivity index (χ1v) is 10.1. The molecule has 2 aromatic carbocycles. The molecule has 0 radical (unpaired) electrons.